The molecule has 5 rings (SSSR count). The largest absolute Gasteiger partial charge is 0.507 e. The molecule has 170 valence electrons. The lowest BCUT2D eigenvalue weighted by Crippen LogP contribution is -2.29. The van der Waals surface area contributed by atoms with Crippen LogP contribution in [0.15, 0.2) is 72.6 Å². The third-order valence-corrected chi connectivity index (χ3v) is 6.63. The summed E-state index contributed by atoms with van der Waals surface area (Å²) < 4.78 is 11.6. The molecule has 0 saturated carbocycles. The molecule has 1 N–H and O–H groups in total. The van der Waals surface area contributed by atoms with Crippen LogP contribution in [0.25, 0.3) is 16.0 Å². The van der Waals surface area contributed by atoms with E-state index in [0.717, 1.165) is 4.70 Å². The van der Waals surface area contributed by atoms with Crippen molar-refractivity contribution in [3.8, 4) is 11.5 Å². The number of ketones is 1. The zero-order valence-corrected chi connectivity index (χ0v) is 19.1. The summed E-state index contributed by atoms with van der Waals surface area (Å²) in [4.78, 5) is 36.7. The number of aliphatic hydroxyl groups excluding tert-OH is 1. The molecule has 4 aromatic rings. The molecule has 0 radical (unpaired) electrons. The number of pyridine rings is 1. The number of Topliss-reactive ketones (excluding diaryl/α,β-unsaturated/α-hetero) is 1. The number of hydrogen-bond donors (Lipinski definition) is 1. The molecule has 0 aliphatic carbocycles. The highest BCUT2D eigenvalue weighted by Crippen LogP contribution is 2.45. The Morgan fingerprint density at radius 1 is 1.06 bits per heavy atom. The summed E-state index contributed by atoms with van der Waals surface area (Å²) in [7, 11) is 2.95. The van der Waals surface area contributed by atoms with Crippen LogP contribution < -0.4 is 14.4 Å². The Morgan fingerprint density at radius 2 is 1.88 bits per heavy atom. The molecule has 8 nitrogen and oxygen atoms in total. The molecule has 1 aliphatic rings. The summed E-state index contributed by atoms with van der Waals surface area (Å²) in [5.41, 5.74) is 1.43. The van der Waals surface area contributed by atoms with Crippen molar-refractivity contribution in [2.75, 3.05) is 19.1 Å². The number of rotatable bonds is 5. The zero-order chi connectivity index (χ0) is 23.8. The van der Waals surface area contributed by atoms with Gasteiger partial charge in [-0.1, -0.05) is 29.5 Å². The van der Waals surface area contributed by atoms with Crippen LogP contribution in [0.3, 0.4) is 0 Å². The molecule has 2 aromatic carbocycles. The lowest BCUT2D eigenvalue weighted by molar-refractivity contribution is -0.132. The van der Waals surface area contributed by atoms with Crippen molar-refractivity contribution in [2.45, 2.75) is 6.04 Å². The van der Waals surface area contributed by atoms with Crippen molar-refractivity contribution in [2.24, 2.45) is 0 Å². The fourth-order valence-corrected chi connectivity index (χ4v) is 4.98. The number of carbonyl (C=O) groups excluding carboxylic acids is 2. The molecule has 0 bridgehead atoms. The lowest BCUT2D eigenvalue weighted by Gasteiger charge is -2.22. The second-order valence-corrected chi connectivity index (χ2v) is 8.49. The molecule has 2 aromatic heterocycles. The van der Waals surface area contributed by atoms with Gasteiger partial charge in [-0.15, -0.1) is 0 Å². The van der Waals surface area contributed by atoms with Crippen molar-refractivity contribution in [1.82, 2.24) is 9.97 Å². The topological polar surface area (TPSA) is 102 Å². The molecule has 1 unspecified atom stereocenters. The summed E-state index contributed by atoms with van der Waals surface area (Å²) in [5, 5.41) is 11.7. The number of para-hydroxylation sites is 1. The average molecular weight is 474 g/mol. The van der Waals surface area contributed by atoms with Crippen LogP contribution in [0.4, 0.5) is 5.13 Å². The van der Waals surface area contributed by atoms with Crippen molar-refractivity contribution < 1.29 is 24.2 Å². The van der Waals surface area contributed by atoms with E-state index in [9.17, 15) is 14.7 Å². The monoisotopic (exact) mass is 473 g/mol. The quantitative estimate of drug-likeness (QED) is 0.261. The van der Waals surface area contributed by atoms with Crippen LogP contribution in [-0.2, 0) is 9.59 Å². The third-order valence-electron chi connectivity index (χ3n) is 5.60. The van der Waals surface area contributed by atoms with Gasteiger partial charge < -0.3 is 14.6 Å². The zero-order valence-electron chi connectivity index (χ0n) is 18.3. The molecule has 1 saturated heterocycles. The van der Waals surface area contributed by atoms with E-state index in [1.807, 2.05) is 24.3 Å². The van der Waals surface area contributed by atoms with Gasteiger partial charge in [0.15, 0.2) is 5.13 Å². The number of thiazole rings is 1. The van der Waals surface area contributed by atoms with Crippen LogP contribution in [0.5, 0.6) is 11.5 Å². The number of anilines is 1. The van der Waals surface area contributed by atoms with Gasteiger partial charge in [-0.25, -0.2) is 4.98 Å². The molecule has 34 heavy (non-hydrogen) atoms. The van der Waals surface area contributed by atoms with Crippen LogP contribution in [0.2, 0.25) is 0 Å². The van der Waals surface area contributed by atoms with E-state index in [-0.39, 0.29) is 16.9 Å². The van der Waals surface area contributed by atoms with E-state index < -0.39 is 17.7 Å². The average Bonchev–Trinajstić information content (AvgIpc) is 3.42. The third kappa shape index (κ3) is 3.46. The van der Waals surface area contributed by atoms with Gasteiger partial charge in [0.25, 0.3) is 5.78 Å². The maximum atomic E-state index is 13.3. The first-order valence-corrected chi connectivity index (χ1v) is 11.1. The molecular weight excluding hydrogens is 454 g/mol. The summed E-state index contributed by atoms with van der Waals surface area (Å²) in [6, 6.07) is 14.9. The van der Waals surface area contributed by atoms with E-state index in [1.54, 1.807) is 42.7 Å². The van der Waals surface area contributed by atoms with Gasteiger partial charge in [0.2, 0.25) is 0 Å². The van der Waals surface area contributed by atoms with Crippen molar-refractivity contribution in [3.05, 3.63) is 83.7 Å². The number of methoxy groups -OCH3 is 2. The first kappa shape index (κ1) is 21.6. The number of carbonyl (C=O) groups is 2. The molecule has 1 aliphatic heterocycles. The smallest absolute Gasteiger partial charge is 0.301 e. The number of benzene rings is 2. The number of aliphatic hydroxyl groups is 1. The second kappa shape index (κ2) is 8.60. The SMILES string of the molecule is COc1ccc(OC)c(/C(O)=C2\C(=O)C(=O)N(c3nc4ccccc4s3)C2c2cccnc2)c1. The highest BCUT2D eigenvalue weighted by Gasteiger charge is 2.48. The fourth-order valence-electron chi connectivity index (χ4n) is 3.99. The minimum atomic E-state index is -0.926. The summed E-state index contributed by atoms with van der Waals surface area (Å²) in [5.74, 6) is -1.19. The van der Waals surface area contributed by atoms with E-state index in [1.165, 1.54) is 30.5 Å². The Kier molecular flexibility index (Phi) is 5.46. The van der Waals surface area contributed by atoms with Crippen LogP contribution >= 0.6 is 11.3 Å². The van der Waals surface area contributed by atoms with Crippen LogP contribution in [-0.4, -0.2) is 41.0 Å². The van der Waals surface area contributed by atoms with Gasteiger partial charge in [-0.3, -0.25) is 19.5 Å². The lowest BCUT2D eigenvalue weighted by atomic mass is 9.96. The predicted molar refractivity (Wildman–Crippen MR) is 128 cm³/mol. The van der Waals surface area contributed by atoms with Crippen LogP contribution in [0, 0.1) is 0 Å². The second-order valence-electron chi connectivity index (χ2n) is 7.49. The van der Waals surface area contributed by atoms with Crippen molar-refractivity contribution in [1.29, 1.82) is 0 Å². The molecule has 1 fully saturated rings. The van der Waals surface area contributed by atoms with Gasteiger partial charge in [-0.05, 0) is 42.0 Å². The highest BCUT2D eigenvalue weighted by molar-refractivity contribution is 7.22. The Labute approximate surface area is 198 Å². The number of hydrogen-bond acceptors (Lipinski definition) is 8. The maximum Gasteiger partial charge on any atom is 0.301 e. The van der Waals surface area contributed by atoms with E-state index in [0.29, 0.717) is 27.7 Å². The van der Waals surface area contributed by atoms with Gasteiger partial charge in [0, 0.05) is 12.4 Å². The highest BCUT2D eigenvalue weighted by atomic mass is 32.1. The number of amides is 1. The van der Waals surface area contributed by atoms with Crippen LogP contribution in [0.1, 0.15) is 17.2 Å². The number of ether oxygens (including phenoxy) is 2. The number of aromatic nitrogens is 2. The molecule has 0 spiro atoms. The molecule has 3 heterocycles. The summed E-state index contributed by atoms with van der Waals surface area (Å²) >= 11 is 1.29. The normalized spacial score (nSPS) is 17.4. The van der Waals surface area contributed by atoms with E-state index >= 15 is 0 Å². The maximum absolute atomic E-state index is 13.3. The molecule has 9 heteroatoms. The van der Waals surface area contributed by atoms with Gasteiger partial charge >= 0.3 is 5.91 Å². The standard InChI is InChI=1S/C25H19N3O5S/c1-32-15-9-10-18(33-2)16(12-15)22(29)20-21(14-6-5-11-26-13-14)28(24(31)23(20)30)25-27-17-7-3-4-8-19(17)34-25/h3-13,21,29H,1-2H3/b22-20+. The van der Waals surface area contributed by atoms with Gasteiger partial charge in [-0.2, -0.15) is 0 Å². The Bertz CT molecular complexity index is 1410. The first-order chi connectivity index (χ1) is 16.5. The Balaban J connectivity index is 1.75. The minimum absolute atomic E-state index is 0.0798. The predicted octanol–water partition coefficient (Wildman–Crippen LogP) is 4.33. The molecule has 1 amide bonds. The first-order valence-electron chi connectivity index (χ1n) is 10.3. The fraction of sp³-hybridized carbons (Fsp3) is 0.120. The summed E-state index contributed by atoms with van der Waals surface area (Å²) in [6.07, 6.45) is 3.16. The number of nitrogens with zero attached hydrogens (tertiary/aromatic N) is 3. The molecule has 1 atom stereocenters. The minimum Gasteiger partial charge on any atom is -0.507 e. The van der Waals surface area contributed by atoms with Gasteiger partial charge in [0.05, 0.1) is 41.6 Å². The van der Waals surface area contributed by atoms with Crippen molar-refractivity contribution in [3.63, 3.8) is 0 Å². The van der Waals surface area contributed by atoms with Gasteiger partial charge in [0.1, 0.15) is 17.3 Å². The van der Waals surface area contributed by atoms with Crippen molar-refractivity contribution >= 4 is 44.1 Å². The summed E-state index contributed by atoms with van der Waals surface area (Å²) in [6.45, 7) is 0. The molecular formula is C25H19N3O5S. The van der Waals surface area contributed by atoms with E-state index in [4.69, 9.17) is 9.47 Å². The Hall–Kier alpha value is -4.24. The number of fused-ring (bicyclic) bond motifs is 1. The van der Waals surface area contributed by atoms with E-state index in [2.05, 4.69) is 9.97 Å². The Morgan fingerprint density at radius 3 is 2.59 bits per heavy atom.